The number of hydrogen-bond acceptors (Lipinski definition) is 2. The van der Waals surface area contributed by atoms with Gasteiger partial charge in [-0.3, -0.25) is 9.55 Å². The summed E-state index contributed by atoms with van der Waals surface area (Å²) in [4.78, 5) is 21.2. The van der Waals surface area contributed by atoms with E-state index in [1.165, 1.54) is 18.3 Å². The molecule has 0 bridgehead atoms. The SMILES string of the molecule is Cc1ncccc1P(=O)(O)O. The van der Waals surface area contributed by atoms with Crippen LogP contribution in [0.4, 0.5) is 0 Å². The van der Waals surface area contributed by atoms with Gasteiger partial charge in [-0.2, -0.15) is 0 Å². The first kappa shape index (κ1) is 8.40. The summed E-state index contributed by atoms with van der Waals surface area (Å²) < 4.78 is 10.7. The highest BCUT2D eigenvalue weighted by Crippen LogP contribution is 2.33. The average Bonchev–Trinajstić information content (AvgIpc) is 1.86. The van der Waals surface area contributed by atoms with Crippen molar-refractivity contribution < 1.29 is 14.4 Å². The lowest BCUT2D eigenvalue weighted by molar-refractivity contribution is 0.387. The van der Waals surface area contributed by atoms with Gasteiger partial charge in [0, 0.05) is 6.20 Å². The Balaban J connectivity index is 3.25. The van der Waals surface area contributed by atoms with Crippen molar-refractivity contribution >= 4 is 12.9 Å². The largest absolute Gasteiger partial charge is 0.358 e. The van der Waals surface area contributed by atoms with Crippen molar-refractivity contribution in [3.63, 3.8) is 0 Å². The Kier molecular flexibility index (Phi) is 2.09. The summed E-state index contributed by atoms with van der Waals surface area (Å²) in [5.41, 5.74) is 0.376. The van der Waals surface area contributed by atoms with Crippen LogP contribution in [0.3, 0.4) is 0 Å². The van der Waals surface area contributed by atoms with Crippen LogP contribution in [0.1, 0.15) is 5.69 Å². The number of rotatable bonds is 1. The molecule has 60 valence electrons. The van der Waals surface area contributed by atoms with Crippen LogP contribution in [0.2, 0.25) is 0 Å². The van der Waals surface area contributed by atoms with Gasteiger partial charge in [-0.15, -0.1) is 0 Å². The van der Waals surface area contributed by atoms with Crippen molar-refractivity contribution in [1.82, 2.24) is 4.98 Å². The van der Waals surface area contributed by atoms with Gasteiger partial charge in [0.2, 0.25) is 0 Å². The van der Waals surface area contributed by atoms with E-state index in [0.717, 1.165) is 0 Å². The van der Waals surface area contributed by atoms with Gasteiger partial charge in [-0.05, 0) is 19.1 Å². The Morgan fingerprint density at radius 1 is 1.55 bits per heavy atom. The fourth-order valence-corrected chi connectivity index (χ4v) is 1.54. The minimum atomic E-state index is -4.12. The smallest absolute Gasteiger partial charge is 0.321 e. The maximum Gasteiger partial charge on any atom is 0.358 e. The van der Waals surface area contributed by atoms with Crippen LogP contribution in [0, 0.1) is 6.92 Å². The molecular formula is C6H8NO3P. The molecule has 0 aliphatic carbocycles. The number of aryl methyl sites for hydroxylation is 1. The van der Waals surface area contributed by atoms with Gasteiger partial charge in [0.25, 0.3) is 0 Å². The van der Waals surface area contributed by atoms with Crippen LogP contribution in [-0.4, -0.2) is 14.8 Å². The molecule has 4 nitrogen and oxygen atoms in total. The van der Waals surface area contributed by atoms with Crippen LogP contribution < -0.4 is 5.30 Å². The molecule has 0 saturated carbocycles. The van der Waals surface area contributed by atoms with Crippen LogP contribution in [-0.2, 0) is 4.57 Å². The molecule has 5 heteroatoms. The summed E-state index contributed by atoms with van der Waals surface area (Å²) in [5.74, 6) is 0. The third kappa shape index (κ3) is 1.87. The molecule has 0 radical (unpaired) electrons. The van der Waals surface area contributed by atoms with Gasteiger partial charge in [-0.1, -0.05) is 0 Å². The fourth-order valence-electron chi connectivity index (χ4n) is 0.784. The van der Waals surface area contributed by atoms with E-state index in [0.29, 0.717) is 5.69 Å². The molecule has 1 heterocycles. The van der Waals surface area contributed by atoms with E-state index in [2.05, 4.69) is 4.98 Å². The molecule has 0 aliphatic heterocycles. The van der Waals surface area contributed by atoms with Crippen LogP contribution >= 0.6 is 7.60 Å². The fraction of sp³-hybridized carbons (Fsp3) is 0.167. The van der Waals surface area contributed by atoms with E-state index in [-0.39, 0.29) is 5.30 Å². The topological polar surface area (TPSA) is 70.4 Å². The van der Waals surface area contributed by atoms with Crippen molar-refractivity contribution in [2.45, 2.75) is 6.92 Å². The van der Waals surface area contributed by atoms with Crippen molar-refractivity contribution in [3.8, 4) is 0 Å². The molecule has 11 heavy (non-hydrogen) atoms. The molecule has 1 rings (SSSR count). The molecule has 0 aliphatic rings. The lowest BCUT2D eigenvalue weighted by Crippen LogP contribution is -2.08. The Bertz CT molecular complexity index is 306. The van der Waals surface area contributed by atoms with Crippen molar-refractivity contribution in [2.75, 3.05) is 0 Å². The minimum Gasteiger partial charge on any atom is -0.321 e. The standard InChI is InChI=1S/C6H8NO3P/c1-5-6(11(8,9)10)3-2-4-7-5/h2-4H,1H3,(H2,8,9,10). The van der Waals surface area contributed by atoms with Crippen molar-refractivity contribution in [1.29, 1.82) is 0 Å². The molecule has 2 N–H and O–H groups in total. The Hall–Kier alpha value is -0.700. The normalized spacial score (nSPS) is 11.5. The maximum atomic E-state index is 10.7. The number of pyridine rings is 1. The summed E-state index contributed by atoms with van der Waals surface area (Å²) >= 11 is 0. The van der Waals surface area contributed by atoms with Crippen molar-refractivity contribution in [3.05, 3.63) is 24.0 Å². The second-order valence-electron chi connectivity index (χ2n) is 2.15. The first-order valence-corrected chi connectivity index (χ1v) is 4.61. The lowest BCUT2D eigenvalue weighted by Gasteiger charge is -2.04. The maximum absolute atomic E-state index is 10.7. The highest BCUT2D eigenvalue weighted by molar-refractivity contribution is 7.60. The molecule has 1 aromatic rings. The van der Waals surface area contributed by atoms with Crippen LogP contribution in [0.5, 0.6) is 0 Å². The van der Waals surface area contributed by atoms with Gasteiger partial charge < -0.3 is 9.79 Å². The predicted molar refractivity (Wildman–Crippen MR) is 40.7 cm³/mol. The first-order valence-electron chi connectivity index (χ1n) is 2.99. The lowest BCUT2D eigenvalue weighted by atomic mass is 10.4. The molecule has 0 atom stereocenters. The first-order chi connectivity index (χ1) is 5.02. The molecule has 0 aromatic carbocycles. The average molecular weight is 173 g/mol. The zero-order chi connectivity index (χ0) is 8.48. The summed E-state index contributed by atoms with van der Waals surface area (Å²) in [6.07, 6.45) is 1.49. The molecule has 1 aromatic heterocycles. The van der Waals surface area contributed by atoms with E-state index in [1.807, 2.05) is 0 Å². The van der Waals surface area contributed by atoms with Gasteiger partial charge >= 0.3 is 7.60 Å². The monoisotopic (exact) mass is 173 g/mol. The second-order valence-corrected chi connectivity index (χ2v) is 3.72. The molecule has 0 spiro atoms. The Morgan fingerprint density at radius 3 is 2.55 bits per heavy atom. The third-order valence-corrected chi connectivity index (χ3v) is 2.39. The number of aromatic nitrogens is 1. The van der Waals surface area contributed by atoms with Crippen LogP contribution in [0.15, 0.2) is 18.3 Å². The quantitative estimate of drug-likeness (QED) is 0.595. The number of hydrogen-bond donors (Lipinski definition) is 2. The van der Waals surface area contributed by atoms with E-state index in [4.69, 9.17) is 9.79 Å². The Labute approximate surface area is 64.1 Å². The molecule has 0 fully saturated rings. The zero-order valence-corrected chi connectivity index (χ0v) is 6.82. The number of nitrogens with zero attached hydrogens (tertiary/aromatic N) is 1. The Morgan fingerprint density at radius 2 is 2.18 bits per heavy atom. The van der Waals surface area contributed by atoms with Gasteiger partial charge in [0.05, 0.1) is 11.0 Å². The van der Waals surface area contributed by atoms with E-state index >= 15 is 0 Å². The molecule has 0 saturated heterocycles. The highest BCUT2D eigenvalue weighted by Gasteiger charge is 2.19. The van der Waals surface area contributed by atoms with Crippen LogP contribution in [0.25, 0.3) is 0 Å². The zero-order valence-electron chi connectivity index (χ0n) is 5.93. The van der Waals surface area contributed by atoms with E-state index < -0.39 is 7.60 Å². The van der Waals surface area contributed by atoms with E-state index in [9.17, 15) is 4.57 Å². The molecule has 0 amide bonds. The summed E-state index contributed by atoms with van der Waals surface area (Å²) in [6.45, 7) is 1.56. The van der Waals surface area contributed by atoms with Gasteiger partial charge in [-0.25, -0.2) is 0 Å². The summed E-state index contributed by atoms with van der Waals surface area (Å²) in [6, 6.07) is 2.88. The summed E-state index contributed by atoms with van der Waals surface area (Å²) in [5, 5.41) is 0.000000000000000222. The van der Waals surface area contributed by atoms with Crippen molar-refractivity contribution in [2.24, 2.45) is 0 Å². The minimum absolute atomic E-state index is 0.000000000000000222. The summed E-state index contributed by atoms with van der Waals surface area (Å²) in [7, 11) is -4.12. The van der Waals surface area contributed by atoms with Gasteiger partial charge in [0.15, 0.2) is 0 Å². The third-order valence-electron chi connectivity index (χ3n) is 1.29. The molecule has 0 unspecified atom stereocenters. The second kappa shape index (κ2) is 2.74. The van der Waals surface area contributed by atoms with E-state index in [1.54, 1.807) is 6.92 Å². The van der Waals surface area contributed by atoms with Gasteiger partial charge in [0.1, 0.15) is 0 Å². The molecular weight excluding hydrogens is 165 g/mol. The predicted octanol–water partition coefficient (Wildman–Crippen LogP) is 0.193. The highest BCUT2D eigenvalue weighted by atomic mass is 31.2.